The van der Waals surface area contributed by atoms with Gasteiger partial charge < -0.3 is 10.5 Å². The summed E-state index contributed by atoms with van der Waals surface area (Å²) in [6.07, 6.45) is 5.23. The maximum Gasteiger partial charge on any atom is 0.302 e. The second-order valence-corrected chi connectivity index (χ2v) is 4.17. The van der Waals surface area contributed by atoms with Crippen molar-refractivity contribution in [2.75, 3.05) is 12.3 Å². The van der Waals surface area contributed by atoms with Gasteiger partial charge in [-0.1, -0.05) is 0 Å². The molecule has 0 amide bonds. The summed E-state index contributed by atoms with van der Waals surface area (Å²) < 4.78 is 6.56. The summed E-state index contributed by atoms with van der Waals surface area (Å²) in [6, 6.07) is 0. The molecule has 0 unspecified atom stereocenters. The van der Waals surface area contributed by atoms with Gasteiger partial charge in [-0.05, 0) is 25.3 Å². The van der Waals surface area contributed by atoms with E-state index in [1.165, 1.54) is 6.92 Å². The van der Waals surface area contributed by atoms with Crippen LogP contribution in [0.4, 0.5) is 5.69 Å². The Hall–Kier alpha value is -2.11. The zero-order chi connectivity index (χ0) is 13.1. The highest BCUT2D eigenvalue weighted by atomic mass is 16.5. The summed E-state index contributed by atoms with van der Waals surface area (Å²) in [5.41, 5.74) is 8.95. The van der Waals surface area contributed by atoms with Crippen molar-refractivity contribution in [1.29, 1.82) is 0 Å². The smallest absolute Gasteiger partial charge is 0.302 e. The Balaban J connectivity index is 2.04. The lowest BCUT2D eigenvalue weighted by Crippen LogP contribution is -2.02. The fourth-order valence-corrected chi connectivity index (χ4v) is 1.72. The Morgan fingerprint density at radius 1 is 1.56 bits per heavy atom. The highest BCUT2D eigenvalue weighted by Crippen LogP contribution is 2.15. The van der Waals surface area contributed by atoms with Gasteiger partial charge in [0.15, 0.2) is 5.65 Å². The third kappa shape index (κ3) is 2.58. The van der Waals surface area contributed by atoms with Gasteiger partial charge in [0.1, 0.15) is 5.69 Å². The molecule has 0 bridgehead atoms. The molecule has 96 valence electrons. The minimum atomic E-state index is -0.251. The number of hydrogen-bond acceptors (Lipinski definition) is 5. The number of aromatic nitrogens is 3. The standard InChI is InChI=1S/C12H16N4O2/c1-8-11(13)12-14-6-10(7-16(12)15-8)4-3-5-18-9(2)17/h6-7H,3-5,13H2,1-2H3. The van der Waals surface area contributed by atoms with E-state index in [2.05, 4.69) is 10.1 Å². The van der Waals surface area contributed by atoms with Gasteiger partial charge in [0.2, 0.25) is 0 Å². The van der Waals surface area contributed by atoms with Gasteiger partial charge >= 0.3 is 5.97 Å². The Bertz CT molecular complexity index is 577. The molecule has 2 aromatic heterocycles. The summed E-state index contributed by atoms with van der Waals surface area (Å²) in [5.74, 6) is -0.251. The molecule has 0 spiro atoms. The Kier molecular flexibility index (Phi) is 3.45. The number of anilines is 1. The van der Waals surface area contributed by atoms with E-state index in [1.54, 1.807) is 10.7 Å². The van der Waals surface area contributed by atoms with E-state index >= 15 is 0 Å². The molecule has 0 aliphatic rings. The van der Waals surface area contributed by atoms with Crippen LogP contribution >= 0.6 is 0 Å². The fourth-order valence-electron chi connectivity index (χ4n) is 1.72. The minimum Gasteiger partial charge on any atom is -0.466 e. The summed E-state index contributed by atoms with van der Waals surface area (Å²) in [6.45, 7) is 3.68. The summed E-state index contributed by atoms with van der Waals surface area (Å²) in [5, 5.41) is 4.27. The van der Waals surface area contributed by atoms with Crippen LogP contribution < -0.4 is 5.73 Å². The number of esters is 1. The van der Waals surface area contributed by atoms with Crippen molar-refractivity contribution < 1.29 is 9.53 Å². The van der Waals surface area contributed by atoms with Crippen molar-refractivity contribution in [2.45, 2.75) is 26.7 Å². The molecule has 2 rings (SSSR count). The first-order valence-corrected chi connectivity index (χ1v) is 5.80. The zero-order valence-corrected chi connectivity index (χ0v) is 10.5. The molecular formula is C12H16N4O2. The van der Waals surface area contributed by atoms with Gasteiger partial charge in [-0.3, -0.25) is 4.79 Å². The van der Waals surface area contributed by atoms with Gasteiger partial charge in [0.25, 0.3) is 0 Å². The lowest BCUT2D eigenvalue weighted by Gasteiger charge is -2.02. The van der Waals surface area contributed by atoms with Gasteiger partial charge in [-0.25, -0.2) is 9.50 Å². The fraction of sp³-hybridized carbons (Fsp3) is 0.417. The number of carbonyl (C=O) groups is 1. The average Bonchev–Trinajstić information content (AvgIpc) is 2.60. The quantitative estimate of drug-likeness (QED) is 0.647. The monoisotopic (exact) mass is 248 g/mol. The van der Waals surface area contributed by atoms with Crippen molar-refractivity contribution in [3.05, 3.63) is 23.7 Å². The first-order valence-electron chi connectivity index (χ1n) is 5.80. The number of fused-ring (bicyclic) bond motifs is 1. The van der Waals surface area contributed by atoms with Crippen LogP contribution in [-0.2, 0) is 16.0 Å². The molecular weight excluding hydrogens is 232 g/mol. The largest absolute Gasteiger partial charge is 0.466 e. The number of hydrogen-bond donors (Lipinski definition) is 1. The van der Waals surface area contributed by atoms with E-state index < -0.39 is 0 Å². The number of rotatable bonds is 4. The van der Waals surface area contributed by atoms with E-state index in [1.807, 2.05) is 13.1 Å². The summed E-state index contributed by atoms with van der Waals surface area (Å²) in [4.78, 5) is 14.9. The Morgan fingerprint density at radius 2 is 2.33 bits per heavy atom. The average molecular weight is 248 g/mol. The van der Waals surface area contributed by atoms with Crippen molar-refractivity contribution in [2.24, 2.45) is 0 Å². The van der Waals surface area contributed by atoms with Crippen LogP contribution in [0.1, 0.15) is 24.6 Å². The number of nitrogen functional groups attached to an aromatic ring is 1. The number of ether oxygens (including phenoxy) is 1. The zero-order valence-electron chi connectivity index (χ0n) is 10.5. The lowest BCUT2D eigenvalue weighted by atomic mass is 10.2. The molecule has 18 heavy (non-hydrogen) atoms. The molecule has 2 aromatic rings. The van der Waals surface area contributed by atoms with E-state index in [9.17, 15) is 4.79 Å². The van der Waals surface area contributed by atoms with Gasteiger partial charge in [-0.15, -0.1) is 0 Å². The van der Waals surface area contributed by atoms with Crippen LogP contribution in [0.2, 0.25) is 0 Å². The predicted molar refractivity (Wildman–Crippen MR) is 67.1 cm³/mol. The molecule has 0 saturated heterocycles. The summed E-state index contributed by atoms with van der Waals surface area (Å²) >= 11 is 0. The second-order valence-electron chi connectivity index (χ2n) is 4.17. The molecule has 2 heterocycles. The minimum absolute atomic E-state index is 0.251. The van der Waals surface area contributed by atoms with Gasteiger partial charge in [0.05, 0.1) is 12.3 Å². The van der Waals surface area contributed by atoms with E-state index in [0.717, 1.165) is 24.1 Å². The third-order valence-corrected chi connectivity index (χ3v) is 2.66. The van der Waals surface area contributed by atoms with Crippen LogP contribution in [0.25, 0.3) is 5.65 Å². The maximum atomic E-state index is 10.6. The highest BCUT2D eigenvalue weighted by Gasteiger charge is 2.07. The predicted octanol–water partition coefficient (Wildman–Crippen LogP) is 1.12. The van der Waals surface area contributed by atoms with Crippen LogP contribution in [0, 0.1) is 6.92 Å². The first kappa shape index (κ1) is 12.3. The SMILES string of the molecule is CC(=O)OCCCc1cnc2c(N)c(C)nn2c1. The molecule has 0 saturated carbocycles. The topological polar surface area (TPSA) is 82.5 Å². The number of aryl methyl sites for hydroxylation is 2. The summed E-state index contributed by atoms with van der Waals surface area (Å²) in [7, 11) is 0. The molecule has 0 atom stereocenters. The molecule has 0 fully saturated rings. The van der Waals surface area contributed by atoms with E-state index in [0.29, 0.717) is 17.9 Å². The van der Waals surface area contributed by atoms with Crippen molar-refractivity contribution in [3.8, 4) is 0 Å². The van der Waals surface area contributed by atoms with Crippen LogP contribution in [-0.4, -0.2) is 27.2 Å². The Morgan fingerprint density at radius 3 is 3.06 bits per heavy atom. The van der Waals surface area contributed by atoms with E-state index in [-0.39, 0.29) is 5.97 Å². The van der Waals surface area contributed by atoms with Crippen molar-refractivity contribution in [3.63, 3.8) is 0 Å². The second kappa shape index (κ2) is 5.03. The molecule has 6 heteroatoms. The normalized spacial score (nSPS) is 10.8. The van der Waals surface area contributed by atoms with Gasteiger partial charge in [-0.2, -0.15) is 5.10 Å². The highest BCUT2D eigenvalue weighted by molar-refractivity contribution is 5.67. The van der Waals surface area contributed by atoms with E-state index in [4.69, 9.17) is 10.5 Å². The number of nitrogens with zero attached hydrogens (tertiary/aromatic N) is 3. The molecule has 0 aliphatic heterocycles. The van der Waals surface area contributed by atoms with Crippen molar-refractivity contribution in [1.82, 2.24) is 14.6 Å². The molecule has 0 aromatic carbocycles. The number of nitrogens with two attached hydrogens (primary N) is 1. The van der Waals surface area contributed by atoms with Crippen LogP contribution in [0.15, 0.2) is 12.4 Å². The van der Waals surface area contributed by atoms with Crippen LogP contribution in [0.3, 0.4) is 0 Å². The van der Waals surface area contributed by atoms with Gasteiger partial charge in [0, 0.05) is 19.3 Å². The molecule has 6 nitrogen and oxygen atoms in total. The lowest BCUT2D eigenvalue weighted by molar-refractivity contribution is -0.141. The molecule has 0 aliphatic carbocycles. The van der Waals surface area contributed by atoms with Crippen LogP contribution in [0.5, 0.6) is 0 Å². The first-order chi connectivity index (χ1) is 8.58. The third-order valence-electron chi connectivity index (χ3n) is 2.66. The Labute approximate surface area is 105 Å². The maximum absolute atomic E-state index is 10.6. The molecule has 0 radical (unpaired) electrons. The van der Waals surface area contributed by atoms with Crippen molar-refractivity contribution >= 4 is 17.3 Å². The number of carbonyl (C=O) groups excluding carboxylic acids is 1. The molecule has 2 N–H and O–H groups in total.